The molecule has 0 atom stereocenters. The molecule has 2 rings (SSSR count). The normalized spacial score (nSPS) is 12.6. The average molecular weight is 349 g/mol. The first-order valence-electron chi connectivity index (χ1n) is 7.84. The molecule has 5 heteroatoms. The van der Waals surface area contributed by atoms with Crippen LogP contribution in [0.3, 0.4) is 0 Å². The van der Waals surface area contributed by atoms with Gasteiger partial charge in [0.25, 0.3) is 0 Å². The van der Waals surface area contributed by atoms with E-state index in [1.54, 1.807) is 32.2 Å². The Hall–Kier alpha value is -1.72. The van der Waals surface area contributed by atoms with Crippen LogP contribution in [0.1, 0.15) is 37.5 Å². The van der Waals surface area contributed by atoms with Crippen molar-refractivity contribution >= 4 is 10.0 Å². The fourth-order valence-electron chi connectivity index (χ4n) is 2.44. The summed E-state index contributed by atoms with van der Waals surface area (Å²) >= 11 is 0. The van der Waals surface area contributed by atoms with E-state index in [1.165, 1.54) is 16.4 Å². The van der Waals surface area contributed by atoms with Crippen LogP contribution in [0.4, 0.5) is 4.39 Å². The van der Waals surface area contributed by atoms with Gasteiger partial charge in [-0.1, -0.05) is 45.0 Å². The average Bonchev–Trinajstić information content (AvgIpc) is 2.48. The predicted molar refractivity (Wildman–Crippen MR) is 94.9 cm³/mol. The Labute approximate surface area is 144 Å². The quantitative estimate of drug-likeness (QED) is 0.827. The van der Waals surface area contributed by atoms with E-state index in [-0.39, 0.29) is 17.8 Å². The summed E-state index contributed by atoms with van der Waals surface area (Å²) in [5.41, 5.74) is 2.30. The molecule has 24 heavy (non-hydrogen) atoms. The molecule has 0 heterocycles. The molecule has 2 aromatic carbocycles. The standard InChI is InChI=1S/C19H24FNO2S/c1-14-6-9-16(19(2,3)4)12-18(14)24(22,23)21(5)13-15-7-10-17(20)11-8-15/h6-12H,13H2,1-5H3. The van der Waals surface area contributed by atoms with E-state index in [0.29, 0.717) is 10.5 Å². The lowest BCUT2D eigenvalue weighted by Crippen LogP contribution is -2.27. The van der Waals surface area contributed by atoms with E-state index < -0.39 is 10.0 Å². The summed E-state index contributed by atoms with van der Waals surface area (Å²) in [4.78, 5) is 0.319. The number of benzene rings is 2. The molecule has 0 aliphatic carbocycles. The molecule has 2 aromatic rings. The second-order valence-electron chi connectivity index (χ2n) is 7.12. The number of nitrogens with zero attached hydrogens (tertiary/aromatic N) is 1. The summed E-state index contributed by atoms with van der Waals surface area (Å²) in [5, 5.41) is 0. The Kier molecular flexibility index (Phi) is 5.16. The molecule has 0 spiro atoms. The highest BCUT2D eigenvalue weighted by atomic mass is 32.2. The van der Waals surface area contributed by atoms with E-state index in [9.17, 15) is 12.8 Å². The van der Waals surface area contributed by atoms with Crippen molar-refractivity contribution in [3.05, 3.63) is 65.0 Å². The van der Waals surface area contributed by atoms with Gasteiger partial charge in [-0.3, -0.25) is 0 Å². The molecule has 0 saturated carbocycles. The molecule has 3 nitrogen and oxygen atoms in total. The van der Waals surface area contributed by atoms with Crippen LogP contribution in [0.15, 0.2) is 47.4 Å². The Morgan fingerprint density at radius 3 is 2.17 bits per heavy atom. The third kappa shape index (κ3) is 4.02. The van der Waals surface area contributed by atoms with Gasteiger partial charge in [0.05, 0.1) is 4.90 Å². The molecule has 0 unspecified atom stereocenters. The maximum Gasteiger partial charge on any atom is 0.243 e. The third-order valence-electron chi connectivity index (χ3n) is 4.06. The van der Waals surface area contributed by atoms with E-state index >= 15 is 0 Å². The molecule has 0 aliphatic heterocycles. The first-order valence-corrected chi connectivity index (χ1v) is 9.28. The zero-order chi connectivity index (χ0) is 18.1. The number of sulfonamides is 1. The van der Waals surface area contributed by atoms with E-state index in [4.69, 9.17) is 0 Å². The zero-order valence-electron chi connectivity index (χ0n) is 14.8. The van der Waals surface area contributed by atoms with E-state index in [0.717, 1.165) is 11.1 Å². The van der Waals surface area contributed by atoms with E-state index in [2.05, 4.69) is 20.8 Å². The summed E-state index contributed by atoms with van der Waals surface area (Å²) in [7, 11) is -2.08. The second kappa shape index (κ2) is 6.65. The summed E-state index contributed by atoms with van der Waals surface area (Å²) < 4.78 is 40.2. The summed E-state index contributed by atoms with van der Waals surface area (Å²) in [6, 6.07) is 11.4. The van der Waals surface area contributed by atoms with Crippen molar-refractivity contribution in [2.24, 2.45) is 0 Å². The molecule has 0 saturated heterocycles. The van der Waals surface area contributed by atoms with Crippen molar-refractivity contribution in [3.8, 4) is 0 Å². The van der Waals surface area contributed by atoms with Gasteiger partial charge in [0, 0.05) is 13.6 Å². The summed E-state index contributed by atoms with van der Waals surface area (Å²) in [6.07, 6.45) is 0. The van der Waals surface area contributed by atoms with Crippen LogP contribution < -0.4 is 0 Å². The SMILES string of the molecule is Cc1ccc(C(C)(C)C)cc1S(=O)(=O)N(C)Cc1ccc(F)cc1. The van der Waals surface area contributed by atoms with Gasteiger partial charge >= 0.3 is 0 Å². The van der Waals surface area contributed by atoms with Crippen LogP contribution in [-0.2, 0) is 22.0 Å². The van der Waals surface area contributed by atoms with Gasteiger partial charge in [-0.25, -0.2) is 12.8 Å². The molecule has 0 bridgehead atoms. The van der Waals surface area contributed by atoms with Crippen molar-refractivity contribution in [2.75, 3.05) is 7.05 Å². The zero-order valence-corrected chi connectivity index (χ0v) is 15.6. The minimum Gasteiger partial charge on any atom is -0.207 e. The lowest BCUT2D eigenvalue weighted by Gasteiger charge is -2.23. The Balaban J connectivity index is 2.37. The molecule has 0 aromatic heterocycles. The highest BCUT2D eigenvalue weighted by Crippen LogP contribution is 2.28. The molecule has 0 N–H and O–H groups in total. The maximum atomic E-state index is 13.0. The fourth-order valence-corrected chi connectivity index (χ4v) is 3.85. The third-order valence-corrected chi connectivity index (χ3v) is 6.01. The summed E-state index contributed by atoms with van der Waals surface area (Å²) in [6.45, 7) is 8.15. The molecule has 0 fully saturated rings. The minimum atomic E-state index is -3.62. The van der Waals surface area contributed by atoms with Crippen LogP contribution in [0.25, 0.3) is 0 Å². The van der Waals surface area contributed by atoms with Gasteiger partial charge in [0.15, 0.2) is 0 Å². The Bertz CT molecular complexity index is 821. The highest BCUT2D eigenvalue weighted by Gasteiger charge is 2.25. The Morgan fingerprint density at radius 1 is 1.04 bits per heavy atom. The number of hydrogen-bond donors (Lipinski definition) is 0. The molecular formula is C19H24FNO2S. The van der Waals surface area contributed by atoms with Crippen molar-refractivity contribution in [1.82, 2.24) is 4.31 Å². The van der Waals surface area contributed by atoms with Crippen molar-refractivity contribution < 1.29 is 12.8 Å². The summed E-state index contributed by atoms with van der Waals surface area (Å²) in [5.74, 6) is -0.335. The Morgan fingerprint density at radius 2 is 1.62 bits per heavy atom. The number of hydrogen-bond acceptors (Lipinski definition) is 2. The van der Waals surface area contributed by atoms with Crippen molar-refractivity contribution in [2.45, 2.75) is 44.6 Å². The van der Waals surface area contributed by atoms with Crippen LogP contribution >= 0.6 is 0 Å². The first-order chi connectivity index (χ1) is 11.0. The lowest BCUT2D eigenvalue weighted by atomic mass is 9.87. The molecular weight excluding hydrogens is 325 g/mol. The molecule has 0 amide bonds. The number of halogens is 1. The lowest BCUT2D eigenvalue weighted by molar-refractivity contribution is 0.465. The van der Waals surface area contributed by atoms with Crippen LogP contribution in [0.5, 0.6) is 0 Å². The van der Waals surface area contributed by atoms with Crippen LogP contribution in [-0.4, -0.2) is 19.8 Å². The van der Waals surface area contributed by atoms with Gasteiger partial charge in [-0.2, -0.15) is 4.31 Å². The van der Waals surface area contributed by atoms with Crippen molar-refractivity contribution in [1.29, 1.82) is 0 Å². The predicted octanol–water partition coefficient (Wildman–Crippen LogP) is 4.25. The largest absolute Gasteiger partial charge is 0.243 e. The van der Waals surface area contributed by atoms with E-state index in [1.807, 2.05) is 12.1 Å². The highest BCUT2D eigenvalue weighted by molar-refractivity contribution is 7.89. The molecule has 0 aliphatic rings. The van der Waals surface area contributed by atoms with Gasteiger partial charge in [-0.05, 0) is 47.2 Å². The monoisotopic (exact) mass is 349 g/mol. The van der Waals surface area contributed by atoms with Crippen LogP contribution in [0.2, 0.25) is 0 Å². The molecule has 0 radical (unpaired) electrons. The molecule has 130 valence electrons. The van der Waals surface area contributed by atoms with Crippen molar-refractivity contribution in [3.63, 3.8) is 0 Å². The van der Waals surface area contributed by atoms with Crippen LogP contribution in [0, 0.1) is 12.7 Å². The van der Waals surface area contributed by atoms with Gasteiger partial charge in [0.1, 0.15) is 5.82 Å². The van der Waals surface area contributed by atoms with Gasteiger partial charge in [-0.15, -0.1) is 0 Å². The second-order valence-corrected chi connectivity index (χ2v) is 9.13. The van der Waals surface area contributed by atoms with Gasteiger partial charge in [0.2, 0.25) is 10.0 Å². The topological polar surface area (TPSA) is 37.4 Å². The fraction of sp³-hybridized carbons (Fsp3) is 0.368. The maximum absolute atomic E-state index is 13.0. The number of aryl methyl sites for hydroxylation is 1. The first kappa shape index (κ1) is 18.6. The van der Waals surface area contributed by atoms with Gasteiger partial charge < -0.3 is 0 Å². The smallest absolute Gasteiger partial charge is 0.207 e. The minimum absolute atomic E-state index is 0.131. The number of rotatable bonds is 4.